The minimum Gasteiger partial charge on any atom is -0.476 e. The molecule has 2 aromatic rings. The Kier molecular flexibility index (Phi) is 5.62. The number of ether oxygens (including phenoxy) is 2. The number of aromatic nitrogens is 2. The highest BCUT2D eigenvalue weighted by atomic mass is 32.1. The number of anilines is 1. The number of methoxy groups -OCH3 is 2. The van der Waals surface area contributed by atoms with Crippen molar-refractivity contribution in [2.75, 3.05) is 19.5 Å². The van der Waals surface area contributed by atoms with E-state index in [4.69, 9.17) is 5.11 Å². The number of rotatable bonds is 5. The summed E-state index contributed by atoms with van der Waals surface area (Å²) < 4.78 is 9.32. The van der Waals surface area contributed by atoms with Gasteiger partial charge in [0.2, 0.25) is 0 Å². The second-order valence-electron chi connectivity index (χ2n) is 4.76. The molecule has 26 heavy (non-hydrogen) atoms. The fraction of sp³-hybridized carbons (Fsp3) is 0.200. The lowest BCUT2D eigenvalue weighted by Gasteiger charge is -2.06. The van der Waals surface area contributed by atoms with E-state index in [0.29, 0.717) is 0 Å². The molecule has 0 saturated carbocycles. The SMILES string of the molecule is COC(=O)c1sc(NC(=O)c2nccnc2C(=O)O)c(C(=O)OC)c1C. The van der Waals surface area contributed by atoms with Crippen LogP contribution in [0.4, 0.5) is 5.00 Å². The summed E-state index contributed by atoms with van der Waals surface area (Å²) in [5.41, 5.74) is -0.763. The van der Waals surface area contributed by atoms with Gasteiger partial charge in [-0.3, -0.25) is 4.79 Å². The lowest BCUT2D eigenvalue weighted by atomic mass is 10.1. The van der Waals surface area contributed by atoms with Crippen LogP contribution in [0.2, 0.25) is 0 Å². The van der Waals surface area contributed by atoms with E-state index in [9.17, 15) is 19.2 Å². The number of carboxylic acid groups (broad SMARTS) is 1. The Balaban J connectivity index is 2.49. The van der Waals surface area contributed by atoms with Gasteiger partial charge in [-0.1, -0.05) is 0 Å². The summed E-state index contributed by atoms with van der Waals surface area (Å²) in [6.07, 6.45) is 2.28. The predicted molar refractivity (Wildman–Crippen MR) is 88.7 cm³/mol. The topological polar surface area (TPSA) is 145 Å². The van der Waals surface area contributed by atoms with Crippen LogP contribution in [0.5, 0.6) is 0 Å². The lowest BCUT2D eigenvalue weighted by molar-refractivity contribution is 0.0600. The Morgan fingerprint density at radius 2 is 1.62 bits per heavy atom. The Bertz CT molecular complexity index is 907. The molecule has 0 aliphatic heterocycles. The number of aromatic carboxylic acids is 1. The fourth-order valence-corrected chi connectivity index (χ4v) is 3.17. The van der Waals surface area contributed by atoms with E-state index < -0.39 is 35.2 Å². The predicted octanol–water partition coefficient (Wildman–Crippen LogP) is 1.37. The van der Waals surface area contributed by atoms with Crippen LogP contribution in [0.15, 0.2) is 12.4 Å². The van der Waals surface area contributed by atoms with Gasteiger partial charge in [0, 0.05) is 12.4 Å². The van der Waals surface area contributed by atoms with E-state index in [1.165, 1.54) is 14.0 Å². The monoisotopic (exact) mass is 379 g/mol. The van der Waals surface area contributed by atoms with E-state index in [2.05, 4.69) is 24.8 Å². The molecule has 136 valence electrons. The molecule has 0 bridgehead atoms. The molecule has 1 amide bonds. The number of carbonyl (C=O) groups excluding carboxylic acids is 3. The molecule has 2 heterocycles. The van der Waals surface area contributed by atoms with Gasteiger partial charge in [0.25, 0.3) is 5.91 Å². The highest BCUT2D eigenvalue weighted by Gasteiger charge is 2.28. The van der Waals surface area contributed by atoms with Gasteiger partial charge in [0.15, 0.2) is 11.4 Å². The number of nitrogens with one attached hydrogen (secondary N) is 1. The zero-order valence-corrected chi connectivity index (χ0v) is 14.7. The number of carbonyl (C=O) groups is 4. The van der Waals surface area contributed by atoms with E-state index >= 15 is 0 Å². The van der Waals surface area contributed by atoms with Crippen LogP contribution in [0.25, 0.3) is 0 Å². The average molecular weight is 379 g/mol. The maximum atomic E-state index is 12.4. The summed E-state index contributed by atoms with van der Waals surface area (Å²) in [6, 6.07) is 0. The van der Waals surface area contributed by atoms with Gasteiger partial charge >= 0.3 is 17.9 Å². The van der Waals surface area contributed by atoms with Crippen LogP contribution < -0.4 is 5.32 Å². The largest absolute Gasteiger partial charge is 0.476 e. The van der Waals surface area contributed by atoms with Gasteiger partial charge in [-0.15, -0.1) is 11.3 Å². The number of hydrogen-bond acceptors (Lipinski definition) is 9. The molecule has 2 N–H and O–H groups in total. The van der Waals surface area contributed by atoms with Crippen molar-refractivity contribution in [3.63, 3.8) is 0 Å². The van der Waals surface area contributed by atoms with Crippen molar-refractivity contribution in [2.24, 2.45) is 0 Å². The van der Waals surface area contributed by atoms with Crippen molar-refractivity contribution in [3.05, 3.63) is 39.8 Å². The number of nitrogens with zero attached hydrogens (tertiary/aromatic N) is 2. The van der Waals surface area contributed by atoms with E-state index in [1.807, 2.05) is 0 Å². The van der Waals surface area contributed by atoms with Crippen molar-refractivity contribution in [1.29, 1.82) is 0 Å². The maximum Gasteiger partial charge on any atom is 0.356 e. The second kappa shape index (κ2) is 7.70. The lowest BCUT2D eigenvalue weighted by Crippen LogP contribution is -2.20. The fourth-order valence-electron chi connectivity index (χ4n) is 2.06. The molecule has 0 fully saturated rings. The third kappa shape index (κ3) is 3.52. The molecule has 0 unspecified atom stereocenters. The molecule has 0 aliphatic rings. The van der Waals surface area contributed by atoms with Crippen LogP contribution in [-0.2, 0) is 9.47 Å². The molecule has 0 saturated heterocycles. The minimum absolute atomic E-state index is 0.00161. The van der Waals surface area contributed by atoms with Crippen molar-refractivity contribution in [3.8, 4) is 0 Å². The minimum atomic E-state index is -1.44. The normalized spacial score (nSPS) is 10.1. The first kappa shape index (κ1) is 19.0. The summed E-state index contributed by atoms with van der Waals surface area (Å²) in [5, 5.41) is 11.5. The van der Waals surface area contributed by atoms with Gasteiger partial charge < -0.3 is 19.9 Å². The number of carboxylic acids is 1. The maximum absolute atomic E-state index is 12.4. The van der Waals surface area contributed by atoms with Gasteiger partial charge in [0.1, 0.15) is 9.88 Å². The molecular formula is C15H13N3O7S. The zero-order chi connectivity index (χ0) is 19.4. The van der Waals surface area contributed by atoms with Crippen LogP contribution in [0.3, 0.4) is 0 Å². The summed E-state index contributed by atoms with van der Waals surface area (Å²) in [5.74, 6) is -3.81. The first-order chi connectivity index (χ1) is 12.3. The molecule has 2 rings (SSSR count). The molecule has 0 aliphatic carbocycles. The summed E-state index contributed by atoms with van der Waals surface area (Å²) in [4.78, 5) is 54.9. The Morgan fingerprint density at radius 1 is 1.04 bits per heavy atom. The van der Waals surface area contributed by atoms with Gasteiger partial charge in [0.05, 0.1) is 19.8 Å². The highest BCUT2D eigenvalue weighted by molar-refractivity contribution is 7.18. The van der Waals surface area contributed by atoms with Gasteiger partial charge in [-0.05, 0) is 12.5 Å². The highest BCUT2D eigenvalue weighted by Crippen LogP contribution is 2.34. The second-order valence-corrected chi connectivity index (χ2v) is 5.78. The standard InChI is InChI=1S/C15H13N3O7S/c1-6-7(14(22)24-2)12(26-10(6)15(23)25-3)18-11(19)8-9(13(20)21)17-5-4-16-8/h4-5H,1-3H3,(H,18,19)(H,20,21). The van der Waals surface area contributed by atoms with E-state index in [1.54, 1.807) is 0 Å². The number of hydrogen-bond donors (Lipinski definition) is 2. The smallest absolute Gasteiger partial charge is 0.356 e. The van der Waals surface area contributed by atoms with Crippen molar-refractivity contribution in [2.45, 2.75) is 6.92 Å². The number of amides is 1. The first-order valence-electron chi connectivity index (χ1n) is 6.97. The molecule has 10 nitrogen and oxygen atoms in total. The summed E-state index contributed by atoms with van der Waals surface area (Å²) >= 11 is 0.797. The van der Waals surface area contributed by atoms with Crippen LogP contribution >= 0.6 is 11.3 Å². The molecule has 11 heteroatoms. The average Bonchev–Trinajstić information content (AvgIpc) is 2.96. The van der Waals surface area contributed by atoms with Crippen molar-refractivity contribution < 1.29 is 33.8 Å². The third-order valence-corrected chi connectivity index (χ3v) is 4.44. The zero-order valence-electron chi connectivity index (χ0n) is 13.9. The molecule has 2 aromatic heterocycles. The molecular weight excluding hydrogens is 366 g/mol. The van der Waals surface area contributed by atoms with Crippen LogP contribution in [0, 0.1) is 6.92 Å². The molecule has 0 spiro atoms. The van der Waals surface area contributed by atoms with Crippen molar-refractivity contribution in [1.82, 2.24) is 9.97 Å². The van der Waals surface area contributed by atoms with Crippen molar-refractivity contribution >= 4 is 40.2 Å². The number of esters is 2. The quantitative estimate of drug-likeness (QED) is 0.736. The van der Waals surface area contributed by atoms with Gasteiger partial charge in [-0.2, -0.15) is 0 Å². The van der Waals surface area contributed by atoms with Crippen LogP contribution in [0.1, 0.15) is 46.6 Å². The summed E-state index contributed by atoms with van der Waals surface area (Å²) in [7, 11) is 2.32. The molecule has 0 aromatic carbocycles. The number of thiophene rings is 1. The Morgan fingerprint density at radius 3 is 2.15 bits per heavy atom. The Labute approximate surface area is 150 Å². The van der Waals surface area contributed by atoms with E-state index in [0.717, 1.165) is 30.8 Å². The van der Waals surface area contributed by atoms with E-state index in [-0.39, 0.29) is 21.0 Å². The third-order valence-electron chi connectivity index (χ3n) is 3.25. The van der Waals surface area contributed by atoms with Crippen LogP contribution in [-0.4, -0.2) is 53.1 Å². The van der Waals surface area contributed by atoms with Gasteiger partial charge in [-0.25, -0.2) is 24.4 Å². The molecule has 0 atom stereocenters. The Hall–Kier alpha value is -3.34. The first-order valence-corrected chi connectivity index (χ1v) is 7.79. The molecule has 0 radical (unpaired) electrons. The summed E-state index contributed by atoms with van der Waals surface area (Å²) in [6.45, 7) is 1.50.